The van der Waals surface area contributed by atoms with E-state index in [4.69, 9.17) is 0 Å². The molecule has 2 aliphatic heterocycles. The number of carbonyl (C=O) groups excluding carboxylic acids is 2. The van der Waals surface area contributed by atoms with Gasteiger partial charge in [0.05, 0.1) is 10.8 Å². The van der Waals surface area contributed by atoms with Crippen LogP contribution in [0.15, 0.2) is 23.1 Å². The van der Waals surface area contributed by atoms with Crippen LogP contribution in [0.5, 0.6) is 0 Å². The largest absolute Gasteiger partial charge is 0.356 e. The number of likely N-dealkylation sites (tertiary alicyclic amines) is 1. The molecule has 0 radical (unpaired) electrons. The number of hydrogen-bond acceptors (Lipinski definition) is 4. The molecule has 2 heterocycles. The number of nitrogens with zero attached hydrogens (tertiary/aromatic N) is 2. The number of carbonyl (C=O) groups is 2. The molecule has 2 saturated heterocycles. The molecule has 2 aliphatic rings. The van der Waals surface area contributed by atoms with Crippen molar-refractivity contribution in [3.63, 3.8) is 0 Å². The fourth-order valence-electron chi connectivity index (χ4n) is 4.92. The summed E-state index contributed by atoms with van der Waals surface area (Å²) in [7, 11) is -3.55. The third kappa shape index (κ3) is 6.60. The summed E-state index contributed by atoms with van der Waals surface area (Å²) in [6, 6.07) is 5.23. The lowest BCUT2D eigenvalue weighted by Crippen LogP contribution is -2.49. The Morgan fingerprint density at radius 2 is 1.71 bits per heavy atom. The normalized spacial score (nSPS) is 20.3. The SMILES string of the molecule is CCCCCCNC(=O)C1CCCN(C(=O)C2CCN(S(=O)(=O)c3ccc(C)c(C)c3)CC2)C1. The monoisotopic (exact) mass is 491 g/mol. The Morgan fingerprint density at radius 3 is 2.38 bits per heavy atom. The highest BCUT2D eigenvalue weighted by atomic mass is 32.2. The van der Waals surface area contributed by atoms with Gasteiger partial charge in [0.15, 0.2) is 0 Å². The van der Waals surface area contributed by atoms with Crippen LogP contribution in [-0.2, 0) is 19.6 Å². The highest BCUT2D eigenvalue weighted by Crippen LogP contribution is 2.28. The van der Waals surface area contributed by atoms with Crippen LogP contribution < -0.4 is 5.32 Å². The van der Waals surface area contributed by atoms with E-state index in [1.165, 1.54) is 17.1 Å². The lowest BCUT2D eigenvalue weighted by atomic mass is 9.92. The fourth-order valence-corrected chi connectivity index (χ4v) is 6.48. The third-order valence-corrected chi connectivity index (χ3v) is 9.25. The first kappa shape index (κ1) is 26.7. The fraction of sp³-hybridized carbons (Fsp3) is 0.692. The highest BCUT2D eigenvalue weighted by Gasteiger charge is 2.36. The van der Waals surface area contributed by atoms with Gasteiger partial charge in [-0.2, -0.15) is 4.31 Å². The van der Waals surface area contributed by atoms with Crippen molar-refractivity contribution in [2.75, 3.05) is 32.7 Å². The highest BCUT2D eigenvalue weighted by molar-refractivity contribution is 7.89. The van der Waals surface area contributed by atoms with Gasteiger partial charge in [0.25, 0.3) is 0 Å². The topological polar surface area (TPSA) is 86.8 Å². The van der Waals surface area contributed by atoms with Gasteiger partial charge in [-0.25, -0.2) is 8.42 Å². The molecule has 0 bridgehead atoms. The van der Waals surface area contributed by atoms with Crippen LogP contribution >= 0.6 is 0 Å². The molecular formula is C26H41N3O4S. The van der Waals surface area contributed by atoms with E-state index in [1.54, 1.807) is 12.1 Å². The molecule has 1 unspecified atom stereocenters. The summed E-state index contributed by atoms with van der Waals surface area (Å²) < 4.78 is 27.7. The van der Waals surface area contributed by atoms with Crippen molar-refractivity contribution in [2.45, 2.75) is 77.0 Å². The van der Waals surface area contributed by atoms with E-state index in [2.05, 4.69) is 12.2 Å². The van der Waals surface area contributed by atoms with E-state index in [9.17, 15) is 18.0 Å². The molecule has 1 N–H and O–H groups in total. The van der Waals surface area contributed by atoms with E-state index in [1.807, 2.05) is 24.8 Å². The minimum Gasteiger partial charge on any atom is -0.356 e. The minimum atomic E-state index is -3.55. The van der Waals surface area contributed by atoms with E-state index in [0.717, 1.165) is 36.8 Å². The van der Waals surface area contributed by atoms with Crippen molar-refractivity contribution in [2.24, 2.45) is 11.8 Å². The molecule has 1 aromatic carbocycles. The summed E-state index contributed by atoms with van der Waals surface area (Å²) in [6.07, 6.45) is 7.18. The molecule has 0 aliphatic carbocycles. The second-order valence-electron chi connectivity index (χ2n) is 9.90. The predicted molar refractivity (Wildman–Crippen MR) is 134 cm³/mol. The molecule has 0 spiro atoms. The van der Waals surface area contributed by atoms with E-state index in [0.29, 0.717) is 50.5 Å². The van der Waals surface area contributed by atoms with E-state index in [-0.39, 0.29) is 23.7 Å². The van der Waals surface area contributed by atoms with Crippen LogP contribution in [0, 0.1) is 25.7 Å². The zero-order chi connectivity index (χ0) is 24.7. The Balaban J connectivity index is 1.50. The maximum atomic E-state index is 13.2. The van der Waals surface area contributed by atoms with Crippen molar-refractivity contribution in [3.8, 4) is 0 Å². The van der Waals surface area contributed by atoms with Crippen LogP contribution in [0.4, 0.5) is 0 Å². The maximum Gasteiger partial charge on any atom is 0.243 e. The second-order valence-corrected chi connectivity index (χ2v) is 11.8. The molecule has 2 fully saturated rings. The molecule has 3 rings (SSSR count). The zero-order valence-electron chi connectivity index (χ0n) is 21.0. The summed E-state index contributed by atoms with van der Waals surface area (Å²) in [4.78, 5) is 27.9. The first-order valence-electron chi connectivity index (χ1n) is 12.9. The van der Waals surface area contributed by atoms with Crippen LogP contribution in [0.3, 0.4) is 0 Å². The molecule has 1 atom stereocenters. The van der Waals surface area contributed by atoms with Crippen molar-refractivity contribution >= 4 is 21.8 Å². The van der Waals surface area contributed by atoms with Gasteiger partial charge in [-0.1, -0.05) is 32.3 Å². The molecule has 2 amide bonds. The van der Waals surface area contributed by atoms with Crippen molar-refractivity contribution in [3.05, 3.63) is 29.3 Å². The average Bonchev–Trinajstić information content (AvgIpc) is 2.85. The number of piperidine rings is 2. The number of sulfonamides is 1. The summed E-state index contributed by atoms with van der Waals surface area (Å²) >= 11 is 0. The summed E-state index contributed by atoms with van der Waals surface area (Å²) in [5.41, 5.74) is 2.02. The summed E-state index contributed by atoms with van der Waals surface area (Å²) in [5, 5.41) is 3.05. The third-order valence-electron chi connectivity index (χ3n) is 7.35. The predicted octanol–water partition coefficient (Wildman–Crippen LogP) is 3.64. The van der Waals surface area contributed by atoms with Gasteiger partial charge in [-0.3, -0.25) is 9.59 Å². The number of aryl methyl sites for hydroxylation is 2. The van der Waals surface area contributed by atoms with Gasteiger partial charge in [-0.15, -0.1) is 0 Å². The molecule has 8 heteroatoms. The smallest absolute Gasteiger partial charge is 0.243 e. The van der Waals surface area contributed by atoms with Crippen LogP contribution in [0.25, 0.3) is 0 Å². The molecule has 7 nitrogen and oxygen atoms in total. The molecule has 190 valence electrons. The van der Waals surface area contributed by atoms with E-state index < -0.39 is 10.0 Å². The van der Waals surface area contributed by atoms with E-state index >= 15 is 0 Å². The molecule has 0 saturated carbocycles. The quantitative estimate of drug-likeness (QED) is 0.535. The van der Waals surface area contributed by atoms with Crippen LogP contribution in [-0.4, -0.2) is 62.2 Å². The van der Waals surface area contributed by atoms with Crippen molar-refractivity contribution in [1.82, 2.24) is 14.5 Å². The second kappa shape index (κ2) is 12.2. The van der Waals surface area contributed by atoms with Gasteiger partial charge in [0.2, 0.25) is 21.8 Å². The number of nitrogens with one attached hydrogen (secondary N) is 1. The standard InChI is InChI=1S/C26H41N3O4S/c1-4-5-6-7-14-27-25(30)23-9-8-15-28(19-23)26(31)22-12-16-29(17-13-22)34(32,33)24-11-10-20(2)21(3)18-24/h10-11,18,22-23H,4-9,12-17,19H2,1-3H3,(H,27,30). The Kier molecular flexibility index (Phi) is 9.54. The van der Waals surface area contributed by atoms with Gasteiger partial charge in [0, 0.05) is 38.6 Å². The Labute approximate surface area is 205 Å². The lowest BCUT2D eigenvalue weighted by molar-refractivity contribution is -0.140. The zero-order valence-corrected chi connectivity index (χ0v) is 21.8. The molecule has 0 aromatic heterocycles. The number of amides is 2. The Morgan fingerprint density at radius 1 is 0.971 bits per heavy atom. The van der Waals surface area contributed by atoms with Crippen molar-refractivity contribution < 1.29 is 18.0 Å². The lowest BCUT2D eigenvalue weighted by Gasteiger charge is -2.37. The van der Waals surface area contributed by atoms with Gasteiger partial charge in [0.1, 0.15) is 0 Å². The summed E-state index contributed by atoms with van der Waals surface area (Å²) in [6.45, 7) is 8.60. The van der Waals surface area contributed by atoms with Gasteiger partial charge in [-0.05, 0) is 69.2 Å². The van der Waals surface area contributed by atoms with Crippen molar-refractivity contribution in [1.29, 1.82) is 0 Å². The minimum absolute atomic E-state index is 0.0586. The van der Waals surface area contributed by atoms with Crippen LogP contribution in [0.1, 0.15) is 69.4 Å². The maximum absolute atomic E-state index is 13.2. The van der Waals surface area contributed by atoms with Crippen LogP contribution in [0.2, 0.25) is 0 Å². The number of rotatable bonds is 9. The van der Waals surface area contributed by atoms with Gasteiger partial charge < -0.3 is 10.2 Å². The van der Waals surface area contributed by atoms with Gasteiger partial charge >= 0.3 is 0 Å². The first-order chi connectivity index (χ1) is 16.2. The number of benzene rings is 1. The molecule has 34 heavy (non-hydrogen) atoms. The Bertz CT molecular complexity index is 955. The number of hydrogen-bond donors (Lipinski definition) is 1. The molecule has 1 aromatic rings. The average molecular weight is 492 g/mol. The Hall–Kier alpha value is -1.93. The number of unbranched alkanes of at least 4 members (excludes halogenated alkanes) is 3. The summed E-state index contributed by atoms with van der Waals surface area (Å²) in [5.74, 6) is -0.192. The molecular weight excluding hydrogens is 450 g/mol. The first-order valence-corrected chi connectivity index (χ1v) is 14.3.